The molecule has 23 heavy (non-hydrogen) atoms. The summed E-state index contributed by atoms with van der Waals surface area (Å²) in [5.41, 5.74) is 3.81. The van der Waals surface area contributed by atoms with Gasteiger partial charge in [-0.2, -0.15) is 0 Å². The van der Waals surface area contributed by atoms with Crippen LogP contribution in [0.4, 0.5) is 5.69 Å². The lowest BCUT2D eigenvalue weighted by molar-refractivity contribution is 0.0601. The van der Waals surface area contributed by atoms with Gasteiger partial charge in [-0.15, -0.1) is 0 Å². The molecule has 2 aromatic rings. The molecule has 3 atom stereocenters. The maximum atomic E-state index is 12.1. The minimum atomic E-state index is -0.306. The lowest BCUT2D eigenvalue weighted by Gasteiger charge is -2.38. The van der Waals surface area contributed by atoms with E-state index in [1.54, 1.807) is 6.20 Å². The number of ether oxygens (including phenoxy) is 1. The number of pyridine rings is 1. The molecule has 116 valence electrons. The SMILES string of the molecule is COC(=O)c1cccc2c1N[C@@H](c1cccnc1)[C@H]1CC=C[C@@H]21. The first-order chi connectivity index (χ1) is 11.3. The molecule has 1 N–H and O–H groups in total. The molecule has 1 aromatic carbocycles. The maximum absolute atomic E-state index is 12.1. The van der Waals surface area contributed by atoms with Crippen LogP contribution < -0.4 is 5.32 Å². The lowest BCUT2D eigenvalue weighted by atomic mass is 9.76. The number of anilines is 1. The number of fused-ring (bicyclic) bond motifs is 3. The van der Waals surface area contributed by atoms with Gasteiger partial charge in [-0.3, -0.25) is 4.98 Å². The van der Waals surface area contributed by atoms with E-state index in [1.807, 2.05) is 24.4 Å². The second kappa shape index (κ2) is 5.54. The van der Waals surface area contributed by atoms with Crippen LogP contribution in [0.5, 0.6) is 0 Å². The number of nitrogens with zero attached hydrogens (tertiary/aromatic N) is 1. The molecule has 1 aromatic heterocycles. The van der Waals surface area contributed by atoms with Crippen molar-refractivity contribution in [3.63, 3.8) is 0 Å². The molecule has 0 fully saturated rings. The highest BCUT2D eigenvalue weighted by Gasteiger charge is 2.39. The Labute approximate surface area is 135 Å². The van der Waals surface area contributed by atoms with Crippen LogP contribution in [-0.2, 0) is 4.74 Å². The van der Waals surface area contributed by atoms with Crippen LogP contribution in [0, 0.1) is 5.92 Å². The van der Waals surface area contributed by atoms with E-state index in [1.165, 1.54) is 12.7 Å². The summed E-state index contributed by atoms with van der Waals surface area (Å²) in [7, 11) is 1.42. The third-order valence-corrected chi connectivity index (χ3v) is 4.85. The third kappa shape index (κ3) is 2.22. The van der Waals surface area contributed by atoms with Gasteiger partial charge in [0.15, 0.2) is 0 Å². The van der Waals surface area contributed by atoms with Crippen LogP contribution in [0.25, 0.3) is 0 Å². The summed E-state index contributed by atoms with van der Waals surface area (Å²) in [4.78, 5) is 16.4. The molecule has 0 saturated heterocycles. The number of carbonyl (C=O) groups excluding carboxylic acids is 1. The Kier molecular flexibility index (Phi) is 3.37. The Morgan fingerprint density at radius 1 is 1.30 bits per heavy atom. The number of aromatic nitrogens is 1. The van der Waals surface area contributed by atoms with Gasteiger partial charge in [0.1, 0.15) is 0 Å². The van der Waals surface area contributed by atoms with Crippen LogP contribution in [0.3, 0.4) is 0 Å². The first kappa shape index (κ1) is 14.0. The number of carbonyl (C=O) groups is 1. The molecular weight excluding hydrogens is 288 g/mol. The van der Waals surface area contributed by atoms with E-state index in [9.17, 15) is 4.79 Å². The predicted molar refractivity (Wildman–Crippen MR) is 88.4 cm³/mol. The molecule has 0 radical (unpaired) electrons. The molecular formula is C19H18N2O2. The van der Waals surface area contributed by atoms with E-state index in [0.29, 0.717) is 17.4 Å². The standard InChI is InChI=1S/C19H18N2O2/c1-23-19(22)16-9-3-8-15-13-6-2-7-14(13)17(21-18(15)16)12-5-4-10-20-11-12/h2-6,8-11,13-14,17,21H,7H2,1H3/t13-,14+,17+/m1/s1. The van der Waals surface area contributed by atoms with Gasteiger partial charge < -0.3 is 10.1 Å². The van der Waals surface area contributed by atoms with Crippen LogP contribution >= 0.6 is 0 Å². The predicted octanol–water partition coefficient (Wildman–Crippen LogP) is 3.69. The fraction of sp³-hybridized carbons (Fsp3) is 0.263. The van der Waals surface area contributed by atoms with E-state index in [4.69, 9.17) is 4.74 Å². The summed E-state index contributed by atoms with van der Waals surface area (Å²) in [5.74, 6) is 0.459. The van der Waals surface area contributed by atoms with Gasteiger partial charge in [-0.1, -0.05) is 30.4 Å². The number of methoxy groups -OCH3 is 1. The van der Waals surface area contributed by atoms with E-state index in [-0.39, 0.29) is 12.0 Å². The fourth-order valence-electron chi connectivity index (χ4n) is 3.79. The van der Waals surface area contributed by atoms with Crippen molar-refractivity contribution in [3.8, 4) is 0 Å². The van der Waals surface area contributed by atoms with Crippen LogP contribution in [0.2, 0.25) is 0 Å². The molecule has 0 spiro atoms. The first-order valence-corrected chi connectivity index (χ1v) is 7.84. The van der Waals surface area contributed by atoms with E-state index < -0.39 is 0 Å². The normalized spacial score (nSPS) is 24.5. The topological polar surface area (TPSA) is 51.2 Å². The molecule has 0 saturated carbocycles. The Bertz CT molecular complexity index is 770. The number of benzene rings is 1. The molecule has 4 nitrogen and oxygen atoms in total. The number of esters is 1. The Morgan fingerprint density at radius 2 is 2.22 bits per heavy atom. The van der Waals surface area contributed by atoms with Gasteiger partial charge in [0.25, 0.3) is 0 Å². The van der Waals surface area contributed by atoms with Crippen molar-refractivity contribution in [2.24, 2.45) is 5.92 Å². The summed E-state index contributed by atoms with van der Waals surface area (Å²) in [6.45, 7) is 0. The molecule has 0 bridgehead atoms. The number of hydrogen-bond donors (Lipinski definition) is 1. The molecule has 2 aliphatic rings. The zero-order valence-electron chi connectivity index (χ0n) is 12.9. The zero-order chi connectivity index (χ0) is 15.8. The number of rotatable bonds is 2. The molecule has 4 heteroatoms. The molecule has 4 rings (SSSR count). The number of hydrogen-bond acceptors (Lipinski definition) is 4. The van der Waals surface area contributed by atoms with Gasteiger partial charge >= 0.3 is 5.97 Å². The summed E-state index contributed by atoms with van der Waals surface area (Å²) in [6.07, 6.45) is 9.21. The van der Waals surface area contributed by atoms with Crippen molar-refractivity contribution in [3.05, 3.63) is 71.6 Å². The van der Waals surface area contributed by atoms with Crippen molar-refractivity contribution in [1.82, 2.24) is 4.98 Å². The molecule has 0 amide bonds. The smallest absolute Gasteiger partial charge is 0.339 e. The highest BCUT2D eigenvalue weighted by atomic mass is 16.5. The molecule has 2 heterocycles. The average molecular weight is 306 g/mol. The number of nitrogens with one attached hydrogen (secondary N) is 1. The van der Waals surface area contributed by atoms with Crippen LogP contribution in [0.15, 0.2) is 54.9 Å². The third-order valence-electron chi connectivity index (χ3n) is 4.85. The van der Waals surface area contributed by atoms with Crippen molar-refractivity contribution in [2.45, 2.75) is 18.4 Å². The van der Waals surface area contributed by atoms with Gasteiger partial charge in [0.2, 0.25) is 0 Å². The Hall–Kier alpha value is -2.62. The largest absolute Gasteiger partial charge is 0.465 e. The number of para-hydroxylation sites is 1. The second-order valence-corrected chi connectivity index (χ2v) is 6.02. The van der Waals surface area contributed by atoms with Crippen molar-refractivity contribution < 1.29 is 9.53 Å². The monoisotopic (exact) mass is 306 g/mol. The summed E-state index contributed by atoms with van der Waals surface area (Å²) >= 11 is 0. The van der Waals surface area contributed by atoms with Gasteiger partial charge in [0.05, 0.1) is 24.4 Å². The summed E-state index contributed by atoms with van der Waals surface area (Å²) < 4.78 is 4.95. The number of allylic oxidation sites excluding steroid dienone is 2. The molecule has 0 unspecified atom stereocenters. The molecule has 1 aliphatic carbocycles. The fourth-order valence-corrected chi connectivity index (χ4v) is 3.79. The van der Waals surface area contributed by atoms with Crippen LogP contribution in [-0.4, -0.2) is 18.1 Å². The van der Waals surface area contributed by atoms with E-state index >= 15 is 0 Å². The minimum Gasteiger partial charge on any atom is -0.465 e. The van der Waals surface area contributed by atoms with Gasteiger partial charge in [-0.25, -0.2) is 4.79 Å². The lowest BCUT2D eigenvalue weighted by Crippen LogP contribution is -2.30. The van der Waals surface area contributed by atoms with Crippen molar-refractivity contribution >= 4 is 11.7 Å². The zero-order valence-corrected chi connectivity index (χ0v) is 12.9. The first-order valence-electron chi connectivity index (χ1n) is 7.84. The van der Waals surface area contributed by atoms with Crippen molar-refractivity contribution in [2.75, 3.05) is 12.4 Å². The maximum Gasteiger partial charge on any atom is 0.339 e. The summed E-state index contributed by atoms with van der Waals surface area (Å²) in [5, 5.41) is 3.59. The Balaban J connectivity index is 1.84. The Morgan fingerprint density at radius 3 is 3.00 bits per heavy atom. The average Bonchev–Trinajstić information content (AvgIpc) is 3.10. The summed E-state index contributed by atoms with van der Waals surface area (Å²) in [6, 6.07) is 10.0. The van der Waals surface area contributed by atoms with E-state index in [2.05, 4.69) is 34.6 Å². The van der Waals surface area contributed by atoms with Gasteiger partial charge in [0, 0.05) is 18.3 Å². The molecule has 1 aliphatic heterocycles. The minimum absolute atomic E-state index is 0.141. The highest BCUT2D eigenvalue weighted by Crippen LogP contribution is 2.50. The van der Waals surface area contributed by atoms with E-state index in [0.717, 1.165) is 17.7 Å². The highest BCUT2D eigenvalue weighted by molar-refractivity contribution is 5.97. The quantitative estimate of drug-likeness (QED) is 0.679. The van der Waals surface area contributed by atoms with Gasteiger partial charge in [-0.05, 0) is 35.6 Å². The van der Waals surface area contributed by atoms with Crippen molar-refractivity contribution in [1.29, 1.82) is 0 Å². The second-order valence-electron chi connectivity index (χ2n) is 6.02. The van der Waals surface area contributed by atoms with Crippen LogP contribution in [0.1, 0.15) is 39.9 Å².